The molecule has 1 unspecified atom stereocenters. The average Bonchev–Trinajstić information content (AvgIpc) is 1.90. The van der Waals surface area contributed by atoms with Crippen LogP contribution in [-0.4, -0.2) is 17.5 Å². The van der Waals surface area contributed by atoms with Gasteiger partial charge < -0.3 is 0 Å². The first-order valence-electron chi connectivity index (χ1n) is 3.08. The molecule has 0 aromatic carbocycles. The van der Waals surface area contributed by atoms with Crippen LogP contribution in [0.15, 0.2) is 16.8 Å². The molecule has 0 radical (unpaired) electrons. The maximum Gasteiger partial charge on any atom is 0.0580 e. The van der Waals surface area contributed by atoms with Gasteiger partial charge in [0.25, 0.3) is 0 Å². The predicted molar refractivity (Wildman–Crippen MR) is 43.3 cm³/mol. The predicted octanol–water partition coefficient (Wildman–Crippen LogP) is 1.41. The van der Waals surface area contributed by atoms with E-state index in [4.69, 9.17) is 0 Å². The Hall–Kier alpha value is -0.360. The van der Waals surface area contributed by atoms with Crippen molar-refractivity contribution in [2.45, 2.75) is 13.3 Å². The van der Waals surface area contributed by atoms with Crippen LogP contribution in [0.5, 0.6) is 0 Å². The largest absolute Gasteiger partial charge is 0.279 e. The molecular weight excluding hydrogens is 131 g/mol. The Morgan fingerprint density at radius 3 is 3.11 bits per heavy atom. The molecule has 0 fully saturated rings. The van der Waals surface area contributed by atoms with Crippen molar-refractivity contribution in [3.63, 3.8) is 0 Å². The van der Waals surface area contributed by atoms with Crippen molar-refractivity contribution < 1.29 is 0 Å². The molecule has 1 rings (SSSR count). The van der Waals surface area contributed by atoms with Crippen LogP contribution in [0, 0.1) is 0 Å². The summed E-state index contributed by atoms with van der Waals surface area (Å²) in [5.41, 5.74) is 1.33. The summed E-state index contributed by atoms with van der Waals surface area (Å²) in [6.07, 6.45) is 5.17. The van der Waals surface area contributed by atoms with Gasteiger partial charge in [-0.1, -0.05) is 13.0 Å². The molecule has 0 saturated carbocycles. The van der Waals surface area contributed by atoms with Gasteiger partial charge in [0.2, 0.25) is 0 Å². The Morgan fingerprint density at radius 1 is 1.89 bits per heavy atom. The van der Waals surface area contributed by atoms with E-state index in [1.54, 1.807) is 0 Å². The summed E-state index contributed by atoms with van der Waals surface area (Å²) in [6.45, 7) is 3.06. The second-order valence-electron chi connectivity index (χ2n) is 2.00. The minimum Gasteiger partial charge on any atom is -0.279 e. The molecule has 0 amide bonds. The molecule has 0 spiro atoms. The Balaban J connectivity index is 2.52. The van der Waals surface area contributed by atoms with Crippen molar-refractivity contribution in [3.8, 4) is 0 Å². The van der Waals surface area contributed by atoms with Crippen LogP contribution in [0.1, 0.15) is 13.3 Å². The van der Waals surface area contributed by atoms with E-state index in [0.29, 0.717) is 0 Å². The van der Waals surface area contributed by atoms with E-state index in [1.807, 2.05) is 11.0 Å². The molecule has 0 aliphatic carbocycles. The van der Waals surface area contributed by atoms with Gasteiger partial charge in [-0.3, -0.25) is 4.78 Å². The lowest BCUT2D eigenvalue weighted by atomic mass is 10.2. The molecule has 0 bridgehead atoms. The highest BCUT2D eigenvalue weighted by Crippen LogP contribution is 2.08. The zero-order valence-electron chi connectivity index (χ0n) is 5.54. The zero-order valence-corrected chi connectivity index (χ0v) is 6.70. The van der Waals surface area contributed by atoms with Gasteiger partial charge in [0, 0.05) is 0 Å². The average molecular weight is 142 g/mol. The molecule has 50 valence electrons. The van der Waals surface area contributed by atoms with Crippen LogP contribution in [0.4, 0.5) is 0 Å². The Morgan fingerprint density at radius 2 is 2.67 bits per heavy atom. The fourth-order valence-electron chi connectivity index (χ4n) is 0.695. The van der Waals surface area contributed by atoms with Crippen molar-refractivity contribution in [3.05, 3.63) is 11.6 Å². The van der Waals surface area contributed by atoms with Crippen LogP contribution in [-0.2, 0) is 0 Å². The van der Waals surface area contributed by atoms with Crippen LogP contribution in [0.25, 0.3) is 0 Å². The van der Waals surface area contributed by atoms with Crippen molar-refractivity contribution in [2.75, 3.05) is 6.54 Å². The van der Waals surface area contributed by atoms with E-state index in [-0.39, 0.29) is 0 Å². The first-order chi connectivity index (χ1) is 4.33. The fourth-order valence-corrected chi connectivity index (χ4v) is 0.867. The molecule has 0 saturated heterocycles. The van der Waals surface area contributed by atoms with E-state index in [0.717, 1.165) is 13.0 Å². The Bertz CT molecular complexity index is 151. The molecule has 0 aromatic rings. The maximum absolute atomic E-state index is 4.09. The first-order valence-corrected chi connectivity index (χ1v) is 3.60. The summed E-state index contributed by atoms with van der Waals surface area (Å²) < 4.78 is 1.83. The van der Waals surface area contributed by atoms with E-state index >= 15 is 0 Å². The van der Waals surface area contributed by atoms with Crippen LogP contribution < -0.4 is 0 Å². The van der Waals surface area contributed by atoms with Crippen LogP contribution >= 0.6 is 9.39 Å². The third kappa shape index (κ3) is 1.79. The van der Waals surface area contributed by atoms with E-state index in [9.17, 15) is 0 Å². The standard InChI is InChI=1S/C6H11N2P/c1-2-6-3-4-8(9)7-5-6/h3,5H,2,4,9H2,1H3. The van der Waals surface area contributed by atoms with E-state index in [2.05, 4.69) is 27.5 Å². The topological polar surface area (TPSA) is 15.6 Å². The molecule has 3 heteroatoms. The molecule has 0 N–H and O–H groups in total. The third-order valence-electron chi connectivity index (χ3n) is 1.32. The van der Waals surface area contributed by atoms with Crippen molar-refractivity contribution >= 4 is 15.6 Å². The van der Waals surface area contributed by atoms with Gasteiger partial charge in [0.15, 0.2) is 0 Å². The SMILES string of the molecule is CCC1=CCN(P)N=C1. The number of allylic oxidation sites excluding steroid dienone is 1. The molecule has 1 aliphatic heterocycles. The second kappa shape index (κ2) is 2.98. The van der Waals surface area contributed by atoms with Gasteiger partial charge in [-0.15, -0.1) is 0 Å². The Labute approximate surface area is 57.9 Å². The fraction of sp³-hybridized carbons (Fsp3) is 0.500. The number of nitrogens with zero attached hydrogens (tertiary/aromatic N) is 2. The molecular formula is C6H11N2P. The monoisotopic (exact) mass is 142 g/mol. The minimum absolute atomic E-state index is 0.921. The van der Waals surface area contributed by atoms with Gasteiger partial charge in [-0.05, 0) is 21.4 Å². The van der Waals surface area contributed by atoms with Gasteiger partial charge in [0.05, 0.1) is 12.8 Å². The van der Waals surface area contributed by atoms with Gasteiger partial charge in [0.1, 0.15) is 0 Å². The van der Waals surface area contributed by atoms with Gasteiger partial charge in [-0.2, -0.15) is 5.10 Å². The highest BCUT2D eigenvalue weighted by molar-refractivity contribution is 7.13. The number of hydrazone groups is 1. The molecule has 2 nitrogen and oxygen atoms in total. The van der Waals surface area contributed by atoms with Crippen molar-refractivity contribution in [1.82, 2.24) is 4.78 Å². The molecule has 1 atom stereocenters. The summed E-state index contributed by atoms with van der Waals surface area (Å²) in [4.78, 5) is 0. The Kier molecular flexibility index (Phi) is 2.23. The number of hydrogen-bond acceptors (Lipinski definition) is 2. The first kappa shape index (κ1) is 6.76. The summed E-state index contributed by atoms with van der Waals surface area (Å²) >= 11 is 0. The molecule has 1 aliphatic rings. The lowest BCUT2D eigenvalue weighted by Crippen LogP contribution is -2.08. The smallest absolute Gasteiger partial charge is 0.0580 e. The van der Waals surface area contributed by atoms with E-state index < -0.39 is 0 Å². The van der Waals surface area contributed by atoms with Gasteiger partial charge in [-0.25, -0.2) is 0 Å². The highest BCUT2D eigenvalue weighted by atomic mass is 31.0. The van der Waals surface area contributed by atoms with Crippen molar-refractivity contribution in [2.24, 2.45) is 5.10 Å². The second-order valence-corrected chi connectivity index (χ2v) is 2.60. The third-order valence-corrected chi connectivity index (χ3v) is 1.66. The minimum atomic E-state index is 0.921. The molecule has 9 heavy (non-hydrogen) atoms. The zero-order chi connectivity index (χ0) is 6.69. The van der Waals surface area contributed by atoms with Crippen LogP contribution in [0.2, 0.25) is 0 Å². The highest BCUT2D eigenvalue weighted by Gasteiger charge is 1.97. The normalized spacial score (nSPS) is 18.0. The summed E-state index contributed by atoms with van der Waals surface area (Å²) in [7, 11) is 2.53. The van der Waals surface area contributed by atoms with Crippen molar-refractivity contribution in [1.29, 1.82) is 0 Å². The quantitative estimate of drug-likeness (QED) is 0.505. The maximum atomic E-state index is 4.09. The number of hydrogen-bond donors (Lipinski definition) is 0. The van der Waals surface area contributed by atoms with E-state index in [1.165, 1.54) is 5.57 Å². The lowest BCUT2D eigenvalue weighted by molar-refractivity contribution is 0.553. The van der Waals surface area contributed by atoms with Gasteiger partial charge >= 0.3 is 0 Å². The molecule has 1 heterocycles. The lowest BCUT2D eigenvalue weighted by Gasteiger charge is -2.14. The van der Waals surface area contributed by atoms with Crippen LogP contribution in [0.3, 0.4) is 0 Å². The summed E-state index contributed by atoms with van der Waals surface area (Å²) in [5, 5.41) is 4.09. The number of rotatable bonds is 1. The summed E-state index contributed by atoms with van der Waals surface area (Å²) in [6, 6.07) is 0. The summed E-state index contributed by atoms with van der Waals surface area (Å²) in [5.74, 6) is 0. The molecule has 0 aromatic heterocycles.